The molecule has 3 N–H and O–H groups in total. The molecule has 112 valence electrons. The van der Waals surface area contributed by atoms with Crippen LogP contribution in [-0.4, -0.2) is 35.3 Å². The highest BCUT2D eigenvalue weighted by atomic mass is 35.5. The van der Waals surface area contributed by atoms with Gasteiger partial charge in [0, 0.05) is 6.54 Å². The summed E-state index contributed by atoms with van der Waals surface area (Å²) in [5.41, 5.74) is 5.59. The van der Waals surface area contributed by atoms with E-state index in [2.05, 4.69) is 5.32 Å². The Balaban J connectivity index is 0.00000200. The third-order valence-corrected chi connectivity index (χ3v) is 3.25. The van der Waals surface area contributed by atoms with Crippen molar-refractivity contribution in [1.29, 1.82) is 0 Å². The SMILES string of the molecule is CC(N)C(=O)N1CCCC1C(=O)NCc1ccco1.Cl. The Hall–Kier alpha value is -1.53. The lowest BCUT2D eigenvalue weighted by Gasteiger charge is -2.25. The van der Waals surface area contributed by atoms with Crippen LogP contribution < -0.4 is 11.1 Å². The van der Waals surface area contributed by atoms with E-state index in [1.807, 2.05) is 0 Å². The van der Waals surface area contributed by atoms with Crippen molar-refractivity contribution >= 4 is 24.2 Å². The molecule has 0 saturated carbocycles. The number of nitrogens with two attached hydrogens (primary N) is 1. The molecule has 0 aliphatic carbocycles. The number of hydrogen-bond acceptors (Lipinski definition) is 4. The van der Waals surface area contributed by atoms with Gasteiger partial charge in [-0.2, -0.15) is 0 Å². The molecule has 0 aromatic carbocycles. The average molecular weight is 302 g/mol. The Morgan fingerprint density at radius 2 is 2.35 bits per heavy atom. The molecular formula is C13H20ClN3O3. The first-order valence-corrected chi connectivity index (χ1v) is 6.45. The second-order valence-corrected chi connectivity index (χ2v) is 4.78. The zero-order valence-corrected chi connectivity index (χ0v) is 12.2. The Morgan fingerprint density at radius 1 is 1.60 bits per heavy atom. The molecule has 1 saturated heterocycles. The van der Waals surface area contributed by atoms with E-state index in [0.29, 0.717) is 25.3 Å². The van der Waals surface area contributed by atoms with Gasteiger partial charge in [-0.3, -0.25) is 9.59 Å². The monoisotopic (exact) mass is 301 g/mol. The summed E-state index contributed by atoms with van der Waals surface area (Å²) in [6.07, 6.45) is 3.07. The van der Waals surface area contributed by atoms with Gasteiger partial charge in [0.25, 0.3) is 0 Å². The van der Waals surface area contributed by atoms with Crippen molar-refractivity contribution in [3.8, 4) is 0 Å². The smallest absolute Gasteiger partial charge is 0.243 e. The average Bonchev–Trinajstić information content (AvgIpc) is 3.05. The molecular weight excluding hydrogens is 282 g/mol. The predicted molar refractivity (Wildman–Crippen MR) is 76.2 cm³/mol. The van der Waals surface area contributed by atoms with E-state index in [1.165, 1.54) is 0 Å². The van der Waals surface area contributed by atoms with Crippen LogP contribution in [0.3, 0.4) is 0 Å². The van der Waals surface area contributed by atoms with Crippen LogP contribution in [0.1, 0.15) is 25.5 Å². The molecule has 1 aliphatic heterocycles. The summed E-state index contributed by atoms with van der Waals surface area (Å²) in [5, 5.41) is 2.78. The number of carbonyl (C=O) groups excluding carboxylic acids is 2. The first kappa shape index (κ1) is 16.5. The van der Waals surface area contributed by atoms with E-state index in [-0.39, 0.29) is 24.2 Å². The molecule has 20 heavy (non-hydrogen) atoms. The quantitative estimate of drug-likeness (QED) is 0.855. The maximum Gasteiger partial charge on any atom is 0.243 e. The van der Waals surface area contributed by atoms with Gasteiger partial charge in [-0.15, -0.1) is 12.4 Å². The van der Waals surface area contributed by atoms with Crippen molar-refractivity contribution < 1.29 is 14.0 Å². The van der Waals surface area contributed by atoms with Crippen LogP contribution >= 0.6 is 12.4 Å². The third-order valence-electron chi connectivity index (χ3n) is 3.25. The number of halogens is 1. The minimum atomic E-state index is -0.571. The summed E-state index contributed by atoms with van der Waals surface area (Å²) in [4.78, 5) is 25.6. The van der Waals surface area contributed by atoms with Crippen molar-refractivity contribution in [3.63, 3.8) is 0 Å². The van der Waals surface area contributed by atoms with Gasteiger partial charge in [0.2, 0.25) is 11.8 Å². The van der Waals surface area contributed by atoms with Gasteiger partial charge in [-0.25, -0.2) is 0 Å². The van der Waals surface area contributed by atoms with Gasteiger partial charge in [-0.1, -0.05) is 0 Å². The topological polar surface area (TPSA) is 88.6 Å². The van der Waals surface area contributed by atoms with Gasteiger partial charge in [0.1, 0.15) is 11.8 Å². The number of nitrogens with zero attached hydrogens (tertiary/aromatic N) is 1. The molecule has 2 atom stereocenters. The largest absolute Gasteiger partial charge is 0.467 e. The van der Waals surface area contributed by atoms with Crippen LogP contribution in [0.2, 0.25) is 0 Å². The number of furan rings is 1. The van der Waals surface area contributed by atoms with E-state index in [4.69, 9.17) is 10.2 Å². The van der Waals surface area contributed by atoms with Crippen LogP contribution in [0, 0.1) is 0 Å². The normalized spacial score (nSPS) is 19.3. The Kier molecular flexibility index (Phi) is 6.04. The fourth-order valence-electron chi connectivity index (χ4n) is 2.27. The number of nitrogens with one attached hydrogen (secondary N) is 1. The molecule has 6 nitrogen and oxygen atoms in total. The van der Waals surface area contributed by atoms with Gasteiger partial charge < -0.3 is 20.4 Å². The van der Waals surface area contributed by atoms with Crippen LogP contribution in [-0.2, 0) is 16.1 Å². The molecule has 1 aromatic heterocycles. The summed E-state index contributed by atoms with van der Waals surface area (Å²) in [6.45, 7) is 2.57. The number of carbonyl (C=O) groups is 2. The van der Waals surface area contributed by atoms with E-state index in [1.54, 1.807) is 30.2 Å². The number of hydrogen-bond donors (Lipinski definition) is 2. The van der Waals surface area contributed by atoms with Crippen molar-refractivity contribution in [2.75, 3.05) is 6.54 Å². The predicted octanol–water partition coefficient (Wildman–Crippen LogP) is 0.656. The molecule has 2 unspecified atom stereocenters. The van der Waals surface area contributed by atoms with Gasteiger partial charge in [0.15, 0.2) is 0 Å². The lowest BCUT2D eigenvalue weighted by Crippen LogP contribution is -2.50. The van der Waals surface area contributed by atoms with E-state index in [9.17, 15) is 9.59 Å². The fraction of sp³-hybridized carbons (Fsp3) is 0.538. The highest BCUT2D eigenvalue weighted by molar-refractivity contribution is 5.90. The number of likely N-dealkylation sites (tertiary alicyclic amines) is 1. The van der Waals surface area contributed by atoms with Crippen molar-refractivity contribution in [2.45, 2.75) is 38.4 Å². The van der Waals surface area contributed by atoms with Crippen molar-refractivity contribution in [3.05, 3.63) is 24.2 Å². The molecule has 7 heteroatoms. The van der Waals surface area contributed by atoms with Crippen LogP contribution in [0.4, 0.5) is 0 Å². The van der Waals surface area contributed by atoms with Gasteiger partial charge >= 0.3 is 0 Å². The minimum absolute atomic E-state index is 0. The molecule has 0 spiro atoms. The first-order valence-electron chi connectivity index (χ1n) is 6.45. The standard InChI is InChI=1S/C13H19N3O3.ClH/c1-9(14)13(18)16-6-2-5-11(16)12(17)15-8-10-4-3-7-19-10;/h3-4,7,9,11H,2,5-6,8,14H2,1H3,(H,15,17);1H. The van der Waals surface area contributed by atoms with Crippen LogP contribution in [0.15, 0.2) is 22.8 Å². The molecule has 1 fully saturated rings. The summed E-state index contributed by atoms with van der Waals surface area (Å²) < 4.78 is 5.14. The molecule has 0 radical (unpaired) electrons. The highest BCUT2D eigenvalue weighted by Gasteiger charge is 2.34. The minimum Gasteiger partial charge on any atom is -0.467 e. The van der Waals surface area contributed by atoms with Crippen LogP contribution in [0.25, 0.3) is 0 Å². The molecule has 0 bridgehead atoms. The number of rotatable bonds is 4. The molecule has 1 aliphatic rings. The highest BCUT2D eigenvalue weighted by Crippen LogP contribution is 2.18. The zero-order valence-electron chi connectivity index (χ0n) is 11.4. The maximum atomic E-state index is 12.1. The summed E-state index contributed by atoms with van der Waals surface area (Å²) in [7, 11) is 0. The van der Waals surface area contributed by atoms with Gasteiger partial charge in [0.05, 0.1) is 18.8 Å². The second kappa shape index (κ2) is 7.31. The maximum absolute atomic E-state index is 12.1. The Labute approximate surface area is 124 Å². The van der Waals surface area contributed by atoms with Crippen molar-refractivity contribution in [1.82, 2.24) is 10.2 Å². The van der Waals surface area contributed by atoms with Crippen LogP contribution in [0.5, 0.6) is 0 Å². The Morgan fingerprint density at radius 3 is 2.95 bits per heavy atom. The second-order valence-electron chi connectivity index (χ2n) is 4.78. The molecule has 2 heterocycles. The number of amides is 2. The lowest BCUT2D eigenvalue weighted by atomic mass is 10.2. The fourth-order valence-corrected chi connectivity index (χ4v) is 2.27. The zero-order chi connectivity index (χ0) is 13.8. The van der Waals surface area contributed by atoms with E-state index >= 15 is 0 Å². The first-order chi connectivity index (χ1) is 9.09. The van der Waals surface area contributed by atoms with Gasteiger partial charge in [-0.05, 0) is 31.9 Å². The van der Waals surface area contributed by atoms with E-state index < -0.39 is 12.1 Å². The summed E-state index contributed by atoms with van der Waals surface area (Å²) in [5.74, 6) is 0.370. The third kappa shape index (κ3) is 3.74. The molecule has 2 rings (SSSR count). The molecule has 1 aromatic rings. The summed E-state index contributed by atoms with van der Waals surface area (Å²) in [6, 6.07) is 2.58. The molecule has 2 amide bonds. The van der Waals surface area contributed by atoms with Crippen molar-refractivity contribution in [2.24, 2.45) is 5.73 Å². The summed E-state index contributed by atoms with van der Waals surface area (Å²) >= 11 is 0. The van der Waals surface area contributed by atoms with E-state index in [0.717, 1.165) is 6.42 Å². The lowest BCUT2D eigenvalue weighted by molar-refractivity contribution is -0.139. The Bertz CT molecular complexity index is 448.